The van der Waals surface area contributed by atoms with Crippen LogP contribution >= 0.6 is 0 Å². The number of aryl methyl sites for hydroxylation is 1. The van der Waals surface area contributed by atoms with Crippen LogP contribution in [0.1, 0.15) is 32.5 Å². The molecule has 1 aromatic carbocycles. The Kier molecular flexibility index (Phi) is 4.62. The second-order valence-electron chi connectivity index (χ2n) is 7.27. The Balaban J connectivity index is 2.01. The Hall–Kier alpha value is -3.55. The molecule has 148 valence electrons. The molecule has 0 bridgehead atoms. The van der Waals surface area contributed by atoms with Crippen molar-refractivity contribution >= 4 is 22.6 Å². The molecule has 3 aromatic heterocycles. The predicted molar refractivity (Wildman–Crippen MR) is 109 cm³/mol. The molecular weight excluding hydrogens is 370 g/mol. The number of hydrogen-bond acceptors (Lipinski definition) is 5. The maximum absolute atomic E-state index is 13.0. The zero-order chi connectivity index (χ0) is 20.7. The molecule has 0 fully saturated rings. The molecule has 4 rings (SSSR count). The van der Waals surface area contributed by atoms with Gasteiger partial charge in [-0.25, -0.2) is 9.31 Å². The van der Waals surface area contributed by atoms with Crippen LogP contribution in [0.4, 0.5) is 0 Å². The summed E-state index contributed by atoms with van der Waals surface area (Å²) >= 11 is 0. The molecule has 0 radical (unpaired) electrons. The number of aromatic nitrogens is 5. The molecule has 1 atom stereocenters. The lowest BCUT2D eigenvalue weighted by atomic mass is 10.0. The number of carbonyl (C=O) groups is 1. The molecule has 0 aliphatic rings. The Bertz CT molecular complexity index is 1270. The van der Waals surface area contributed by atoms with Crippen LogP contribution in [0.3, 0.4) is 0 Å². The van der Waals surface area contributed by atoms with Crippen molar-refractivity contribution in [2.24, 2.45) is 5.92 Å². The Morgan fingerprint density at radius 2 is 1.86 bits per heavy atom. The van der Waals surface area contributed by atoms with Gasteiger partial charge in [0.15, 0.2) is 11.2 Å². The van der Waals surface area contributed by atoms with Crippen molar-refractivity contribution in [3.63, 3.8) is 0 Å². The van der Waals surface area contributed by atoms with Crippen LogP contribution in [0.5, 0.6) is 0 Å². The van der Waals surface area contributed by atoms with E-state index in [2.05, 4.69) is 15.3 Å². The number of pyridine rings is 1. The third kappa shape index (κ3) is 2.97. The fourth-order valence-electron chi connectivity index (χ4n) is 3.70. The van der Waals surface area contributed by atoms with Gasteiger partial charge in [-0.1, -0.05) is 51.1 Å². The van der Waals surface area contributed by atoms with Crippen molar-refractivity contribution in [2.75, 3.05) is 0 Å². The van der Waals surface area contributed by atoms with E-state index in [9.17, 15) is 14.7 Å². The van der Waals surface area contributed by atoms with Crippen LogP contribution in [0.25, 0.3) is 27.8 Å². The summed E-state index contributed by atoms with van der Waals surface area (Å²) < 4.78 is 2.83. The minimum atomic E-state index is -1.06. The van der Waals surface area contributed by atoms with E-state index in [1.165, 1.54) is 10.8 Å². The van der Waals surface area contributed by atoms with Gasteiger partial charge in [0.1, 0.15) is 11.6 Å². The fourth-order valence-corrected chi connectivity index (χ4v) is 3.70. The van der Waals surface area contributed by atoms with E-state index >= 15 is 0 Å². The van der Waals surface area contributed by atoms with Gasteiger partial charge < -0.3 is 5.11 Å². The predicted octanol–water partition coefficient (Wildman–Crippen LogP) is 2.95. The van der Waals surface area contributed by atoms with Gasteiger partial charge in [0.25, 0.3) is 5.56 Å². The van der Waals surface area contributed by atoms with Gasteiger partial charge in [0.05, 0.1) is 11.3 Å². The number of aliphatic carboxylic acids is 1. The highest BCUT2D eigenvalue weighted by Gasteiger charge is 2.26. The summed E-state index contributed by atoms with van der Waals surface area (Å²) in [4.78, 5) is 24.7. The van der Waals surface area contributed by atoms with Crippen molar-refractivity contribution in [2.45, 2.75) is 33.2 Å². The zero-order valence-corrected chi connectivity index (χ0v) is 16.4. The van der Waals surface area contributed by atoms with Crippen molar-refractivity contribution in [3.8, 4) is 11.1 Å². The second kappa shape index (κ2) is 7.12. The Morgan fingerprint density at radius 3 is 2.48 bits per heavy atom. The monoisotopic (exact) mass is 391 g/mol. The lowest BCUT2D eigenvalue weighted by Gasteiger charge is -2.19. The van der Waals surface area contributed by atoms with E-state index in [4.69, 9.17) is 0 Å². The second-order valence-corrected chi connectivity index (χ2v) is 7.27. The Morgan fingerprint density at radius 1 is 1.14 bits per heavy atom. The minimum Gasteiger partial charge on any atom is -0.480 e. The van der Waals surface area contributed by atoms with Gasteiger partial charge in [0, 0.05) is 6.20 Å². The normalized spacial score (nSPS) is 12.7. The average Bonchev–Trinajstić information content (AvgIpc) is 3.09. The Labute approximate surface area is 166 Å². The molecule has 8 heteroatoms. The molecule has 1 N–H and O–H groups in total. The van der Waals surface area contributed by atoms with Crippen LogP contribution in [-0.2, 0) is 11.2 Å². The smallest absolute Gasteiger partial charge is 0.327 e. The summed E-state index contributed by atoms with van der Waals surface area (Å²) in [6.07, 6.45) is 2.20. The first-order chi connectivity index (χ1) is 13.9. The number of hydrogen-bond donors (Lipinski definition) is 1. The first-order valence-electron chi connectivity index (χ1n) is 9.51. The maximum atomic E-state index is 13.0. The molecule has 3 heterocycles. The molecule has 0 aliphatic heterocycles. The number of rotatable bonds is 5. The van der Waals surface area contributed by atoms with Gasteiger partial charge in [-0.15, -0.1) is 10.2 Å². The highest BCUT2D eigenvalue weighted by atomic mass is 16.4. The van der Waals surface area contributed by atoms with E-state index < -0.39 is 17.6 Å². The highest BCUT2D eigenvalue weighted by Crippen LogP contribution is 2.29. The zero-order valence-electron chi connectivity index (χ0n) is 16.4. The average molecular weight is 391 g/mol. The molecule has 29 heavy (non-hydrogen) atoms. The highest BCUT2D eigenvalue weighted by molar-refractivity contribution is 5.84. The maximum Gasteiger partial charge on any atom is 0.327 e. The van der Waals surface area contributed by atoms with Crippen molar-refractivity contribution in [1.82, 2.24) is 24.4 Å². The lowest BCUT2D eigenvalue weighted by molar-refractivity contribution is -0.142. The van der Waals surface area contributed by atoms with Gasteiger partial charge in [-0.3, -0.25) is 9.36 Å². The van der Waals surface area contributed by atoms with Gasteiger partial charge >= 0.3 is 5.97 Å². The molecule has 0 amide bonds. The summed E-state index contributed by atoms with van der Waals surface area (Å²) in [5.41, 5.74) is 3.39. The van der Waals surface area contributed by atoms with E-state index in [-0.39, 0.29) is 11.4 Å². The molecule has 0 saturated carbocycles. The van der Waals surface area contributed by atoms with E-state index in [0.29, 0.717) is 17.6 Å². The van der Waals surface area contributed by atoms with Crippen molar-refractivity contribution in [1.29, 1.82) is 0 Å². The van der Waals surface area contributed by atoms with Crippen molar-refractivity contribution < 1.29 is 9.90 Å². The molecule has 8 nitrogen and oxygen atoms in total. The molecule has 0 aliphatic carbocycles. The largest absolute Gasteiger partial charge is 0.480 e. The molecule has 1 unspecified atom stereocenters. The number of nitrogens with zero attached hydrogens (tertiary/aromatic N) is 5. The van der Waals surface area contributed by atoms with Gasteiger partial charge in [-0.05, 0) is 24.0 Å². The first kappa shape index (κ1) is 18.8. The summed E-state index contributed by atoms with van der Waals surface area (Å²) in [6.45, 7) is 5.53. The first-order valence-corrected chi connectivity index (χ1v) is 9.51. The lowest BCUT2D eigenvalue weighted by Crippen LogP contribution is -2.33. The quantitative estimate of drug-likeness (QED) is 0.561. The van der Waals surface area contributed by atoms with Gasteiger partial charge in [0.2, 0.25) is 0 Å². The number of fused-ring (bicyclic) bond motifs is 3. The summed E-state index contributed by atoms with van der Waals surface area (Å²) in [7, 11) is 0. The number of carboxylic acids is 1. The standard InChI is InChI=1S/C21H21N5O3/c1-4-14-16(13-8-6-5-7-9-13)19-23-22-17-15(26(19)24-14)10-11-25(20(17)27)18(12(2)3)21(28)29/h5-12,18H,4H2,1-3H3,(H,28,29). The third-order valence-electron chi connectivity index (χ3n) is 5.06. The fraction of sp³-hybridized carbons (Fsp3) is 0.286. The molecule has 0 spiro atoms. The summed E-state index contributed by atoms with van der Waals surface area (Å²) in [6, 6.07) is 10.5. The van der Waals surface area contributed by atoms with E-state index in [0.717, 1.165) is 16.8 Å². The third-order valence-corrected chi connectivity index (χ3v) is 5.06. The van der Waals surface area contributed by atoms with E-state index in [1.54, 1.807) is 24.4 Å². The molecule has 0 saturated heterocycles. The molecule has 4 aromatic rings. The van der Waals surface area contributed by atoms with Crippen LogP contribution < -0.4 is 5.56 Å². The van der Waals surface area contributed by atoms with Crippen LogP contribution in [-0.4, -0.2) is 35.5 Å². The minimum absolute atomic E-state index is 0.0941. The summed E-state index contributed by atoms with van der Waals surface area (Å²) in [5, 5.41) is 22.7. The number of benzene rings is 1. The van der Waals surface area contributed by atoms with Crippen LogP contribution in [0, 0.1) is 5.92 Å². The molecular formula is C21H21N5O3. The van der Waals surface area contributed by atoms with E-state index in [1.807, 2.05) is 37.3 Å². The topological polar surface area (TPSA) is 102 Å². The van der Waals surface area contributed by atoms with Crippen LogP contribution in [0.2, 0.25) is 0 Å². The van der Waals surface area contributed by atoms with Crippen molar-refractivity contribution in [3.05, 3.63) is 58.6 Å². The number of carboxylic acid groups (broad SMARTS) is 1. The SMILES string of the molecule is CCc1nn2c(nnc3c(=O)n(C(C(=O)O)C(C)C)ccc32)c1-c1ccccc1. The summed E-state index contributed by atoms with van der Waals surface area (Å²) in [5.74, 6) is -1.32. The van der Waals surface area contributed by atoms with Gasteiger partial charge in [-0.2, -0.15) is 5.10 Å². The van der Waals surface area contributed by atoms with Crippen LogP contribution in [0.15, 0.2) is 47.4 Å².